The van der Waals surface area contributed by atoms with Crippen LogP contribution in [-0.4, -0.2) is 33.0 Å². The lowest BCUT2D eigenvalue weighted by Crippen LogP contribution is -2.26. The van der Waals surface area contributed by atoms with Gasteiger partial charge in [-0.05, 0) is 54.6 Å². The Morgan fingerprint density at radius 1 is 1.00 bits per heavy atom. The molecule has 0 atom stereocenters. The number of pyridine rings is 2. The molecule has 28 heavy (non-hydrogen) atoms. The number of hydrogen-bond acceptors (Lipinski definition) is 3. The minimum Gasteiger partial charge on any atom is -0.320 e. The first kappa shape index (κ1) is 16.9. The smallest absolute Gasteiger partial charge is 0.0644 e. The third-order valence-corrected chi connectivity index (χ3v) is 5.46. The highest BCUT2D eigenvalue weighted by Gasteiger charge is 2.22. The molecule has 0 bridgehead atoms. The molecule has 1 aliphatic rings. The minimum atomic E-state index is 0.970. The Balaban J connectivity index is 1.67. The lowest BCUT2D eigenvalue weighted by molar-refractivity contribution is 0.312. The topological polar surface area (TPSA) is 34.0 Å². The normalized spacial score (nSPS) is 14.6. The van der Waals surface area contributed by atoms with Crippen molar-refractivity contribution in [3.8, 4) is 11.1 Å². The van der Waals surface area contributed by atoms with E-state index in [0.29, 0.717) is 0 Å². The largest absolute Gasteiger partial charge is 0.320 e. The molecule has 138 valence electrons. The van der Waals surface area contributed by atoms with Crippen molar-refractivity contribution in [2.24, 2.45) is 0 Å². The number of nitrogens with zero attached hydrogens (tertiary/aromatic N) is 4. The van der Waals surface area contributed by atoms with E-state index in [1.54, 1.807) is 0 Å². The maximum atomic E-state index is 4.42. The average molecular weight is 366 g/mol. The summed E-state index contributed by atoms with van der Waals surface area (Å²) in [5.41, 5.74) is 7.42. The van der Waals surface area contributed by atoms with Gasteiger partial charge in [0.1, 0.15) is 0 Å². The second-order valence-corrected chi connectivity index (χ2v) is 7.33. The summed E-state index contributed by atoms with van der Waals surface area (Å²) in [7, 11) is 2.20. The van der Waals surface area contributed by atoms with E-state index in [2.05, 4.69) is 63.0 Å². The van der Waals surface area contributed by atoms with Gasteiger partial charge >= 0.3 is 0 Å². The van der Waals surface area contributed by atoms with Gasteiger partial charge in [-0.3, -0.25) is 9.97 Å². The fourth-order valence-corrected chi connectivity index (χ4v) is 4.04. The summed E-state index contributed by atoms with van der Waals surface area (Å²) in [6.07, 6.45) is 10.9. The fourth-order valence-electron chi connectivity index (χ4n) is 4.04. The van der Waals surface area contributed by atoms with Crippen LogP contribution in [0.25, 0.3) is 34.3 Å². The fraction of sp³-hybridized carbons (Fsp3) is 0.167. The Hall–Kier alpha value is -3.24. The Bertz CT molecular complexity index is 1140. The number of benzene rings is 1. The summed E-state index contributed by atoms with van der Waals surface area (Å²) in [6, 6.07) is 16.8. The lowest BCUT2D eigenvalue weighted by atomic mass is 10.0. The van der Waals surface area contributed by atoms with Gasteiger partial charge in [-0.25, -0.2) is 0 Å². The summed E-state index contributed by atoms with van der Waals surface area (Å²) in [6.45, 7) is 2.06. The maximum Gasteiger partial charge on any atom is 0.0644 e. The van der Waals surface area contributed by atoms with Gasteiger partial charge in [0.25, 0.3) is 0 Å². The Morgan fingerprint density at radius 3 is 2.79 bits per heavy atom. The van der Waals surface area contributed by atoms with E-state index in [0.717, 1.165) is 30.8 Å². The molecule has 3 aromatic heterocycles. The monoisotopic (exact) mass is 366 g/mol. The molecule has 4 heterocycles. The second kappa shape index (κ2) is 7.06. The highest BCUT2D eigenvalue weighted by Crippen LogP contribution is 2.34. The highest BCUT2D eigenvalue weighted by atomic mass is 15.1. The minimum absolute atomic E-state index is 0.970. The average Bonchev–Trinajstić information content (AvgIpc) is 3.06. The Morgan fingerprint density at radius 2 is 1.96 bits per heavy atom. The predicted octanol–water partition coefficient (Wildman–Crippen LogP) is 4.71. The van der Waals surface area contributed by atoms with Crippen molar-refractivity contribution < 1.29 is 0 Å². The SMILES string of the molecule is CN1CCc2c(c3cc(-c4cccnc4)ccc3n2/C=C/c2ccccn2)C1. The number of rotatable bonds is 3. The zero-order valence-corrected chi connectivity index (χ0v) is 15.9. The van der Waals surface area contributed by atoms with E-state index in [-0.39, 0.29) is 0 Å². The predicted molar refractivity (Wildman–Crippen MR) is 115 cm³/mol. The summed E-state index contributed by atoms with van der Waals surface area (Å²) >= 11 is 0. The van der Waals surface area contributed by atoms with Gasteiger partial charge in [0.15, 0.2) is 0 Å². The third-order valence-electron chi connectivity index (χ3n) is 5.46. The van der Waals surface area contributed by atoms with Gasteiger partial charge in [0.05, 0.1) is 11.2 Å². The lowest BCUT2D eigenvalue weighted by Gasteiger charge is -2.23. The Labute approximate surface area is 164 Å². The molecule has 1 aliphatic heterocycles. The van der Waals surface area contributed by atoms with E-state index >= 15 is 0 Å². The summed E-state index contributed by atoms with van der Waals surface area (Å²) in [5, 5.41) is 1.33. The van der Waals surface area contributed by atoms with E-state index in [1.807, 2.05) is 42.9 Å². The Kier molecular flexibility index (Phi) is 4.26. The van der Waals surface area contributed by atoms with E-state index in [1.165, 1.54) is 27.7 Å². The number of hydrogen-bond donors (Lipinski definition) is 0. The maximum absolute atomic E-state index is 4.42. The first-order valence-electron chi connectivity index (χ1n) is 9.63. The molecule has 4 heteroatoms. The van der Waals surface area contributed by atoms with Gasteiger partial charge in [0.2, 0.25) is 0 Å². The van der Waals surface area contributed by atoms with Crippen LogP contribution >= 0.6 is 0 Å². The summed E-state index contributed by atoms with van der Waals surface area (Å²) < 4.78 is 2.35. The van der Waals surface area contributed by atoms with Gasteiger partial charge in [-0.15, -0.1) is 0 Å². The molecule has 0 N–H and O–H groups in total. The van der Waals surface area contributed by atoms with Crippen molar-refractivity contribution >= 4 is 23.2 Å². The molecule has 0 saturated carbocycles. The molecule has 4 nitrogen and oxygen atoms in total. The number of aromatic nitrogens is 3. The van der Waals surface area contributed by atoms with E-state index in [4.69, 9.17) is 0 Å². The van der Waals surface area contributed by atoms with E-state index in [9.17, 15) is 0 Å². The standard InChI is InChI=1S/C24H22N4/c1-27-13-10-24-22(17-27)21-15-18(19-5-4-11-25-16-19)7-8-23(21)28(24)14-9-20-6-2-3-12-26-20/h2-9,11-12,14-16H,10,13,17H2,1H3/b14-9+. The van der Waals surface area contributed by atoms with Crippen molar-refractivity contribution in [1.82, 2.24) is 19.4 Å². The molecule has 0 amide bonds. The molecule has 1 aromatic carbocycles. The van der Waals surface area contributed by atoms with Crippen LogP contribution in [0.15, 0.2) is 67.1 Å². The molecule has 4 aromatic rings. The van der Waals surface area contributed by atoms with Gasteiger partial charge in [-0.1, -0.05) is 18.2 Å². The molecule has 0 aliphatic carbocycles. The van der Waals surface area contributed by atoms with Crippen LogP contribution in [0.3, 0.4) is 0 Å². The van der Waals surface area contributed by atoms with Crippen LogP contribution in [0.5, 0.6) is 0 Å². The molecule has 0 spiro atoms. The second-order valence-electron chi connectivity index (χ2n) is 7.33. The first-order valence-corrected chi connectivity index (χ1v) is 9.63. The first-order chi connectivity index (χ1) is 13.8. The molecular formula is C24H22N4. The van der Waals surface area contributed by atoms with Crippen LogP contribution in [0, 0.1) is 0 Å². The summed E-state index contributed by atoms with van der Waals surface area (Å²) in [5.74, 6) is 0. The van der Waals surface area contributed by atoms with Crippen molar-refractivity contribution in [2.45, 2.75) is 13.0 Å². The molecule has 0 saturated heterocycles. The number of likely N-dealkylation sites (N-methyl/N-ethyl adjacent to an activating group) is 1. The van der Waals surface area contributed by atoms with E-state index < -0.39 is 0 Å². The molecule has 5 rings (SSSR count). The van der Waals surface area contributed by atoms with Crippen molar-refractivity contribution in [1.29, 1.82) is 0 Å². The third kappa shape index (κ3) is 3.02. The van der Waals surface area contributed by atoms with Crippen molar-refractivity contribution in [2.75, 3.05) is 13.6 Å². The molecular weight excluding hydrogens is 344 g/mol. The quantitative estimate of drug-likeness (QED) is 0.526. The molecule has 0 fully saturated rings. The van der Waals surface area contributed by atoms with Crippen LogP contribution in [0.1, 0.15) is 17.0 Å². The van der Waals surface area contributed by atoms with Crippen LogP contribution in [-0.2, 0) is 13.0 Å². The highest BCUT2D eigenvalue weighted by molar-refractivity contribution is 5.92. The van der Waals surface area contributed by atoms with Crippen LogP contribution in [0.4, 0.5) is 0 Å². The molecule has 0 radical (unpaired) electrons. The van der Waals surface area contributed by atoms with Gasteiger partial charge in [-0.2, -0.15) is 0 Å². The number of fused-ring (bicyclic) bond motifs is 3. The van der Waals surface area contributed by atoms with Crippen molar-refractivity contribution in [3.63, 3.8) is 0 Å². The zero-order valence-electron chi connectivity index (χ0n) is 15.9. The van der Waals surface area contributed by atoms with Crippen molar-refractivity contribution in [3.05, 3.63) is 84.1 Å². The van der Waals surface area contributed by atoms with Gasteiger partial charge in [0, 0.05) is 60.9 Å². The van der Waals surface area contributed by atoms with Gasteiger partial charge < -0.3 is 9.47 Å². The van der Waals surface area contributed by atoms with Crippen LogP contribution in [0.2, 0.25) is 0 Å². The molecule has 0 unspecified atom stereocenters. The zero-order chi connectivity index (χ0) is 18.9. The van der Waals surface area contributed by atoms with Crippen LogP contribution < -0.4 is 0 Å². The summed E-state index contributed by atoms with van der Waals surface area (Å²) in [4.78, 5) is 11.1.